The van der Waals surface area contributed by atoms with Crippen molar-refractivity contribution in [3.05, 3.63) is 60.7 Å². The lowest BCUT2D eigenvalue weighted by Gasteiger charge is -2.19. The molecule has 5 heteroatoms. The van der Waals surface area contributed by atoms with E-state index in [0.29, 0.717) is 19.6 Å². The highest BCUT2D eigenvalue weighted by molar-refractivity contribution is 5.68. The molecule has 0 unspecified atom stereocenters. The van der Waals surface area contributed by atoms with Crippen molar-refractivity contribution in [2.24, 2.45) is 0 Å². The maximum absolute atomic E-state index is 11.2. The molecule has 0 aliphatic heterocycles. The maximum Gasteiger partial charge on any atom is 0.307 e. The minimum atomic E-state index is -0.366. The predicted octanol–water partition coefficient (Wildman–Crippen LogP) is 3.44. The SMILES string of the molecule is CCC(=O)OCOC(COc1ccccc1)COc1ccccc1. The van der Waals surface area contributed by atoms with E-state index < -0.39 is 0 Å². The van der Waals surface area contributed by atoms with Gasteiger partial charge in [-0.1, -0.05) is 43.3 Å². The van der Waals surface area contributed by atoms with Crippen molar-refractivity contribution in [3.63, 3.8) is 0 Å². The zero-order valence-corrected chi connectivity index (χ0v) is 13.7. The third-order valence-electron chi connectivity index (χ3n) is 3.17. The van der Waals surface area contributed by atoms with Gasteiger partial charge in [0.25, 0.3) is 0 Å². The van der Waals surface area contributed by atoms with Crippen LogP contribution in [0.2, 0.25) is 0 Å². The van der Waals surface area contributed by atoms with E-state index in [1.54, 1.807) is 6.92 Å². The number of hydrogen-bond acceptors (Lipinski definition) is 5. The van der Waals surface area contributed by atoms with Crippen LogP contribution in [-0.2, 0) is 14.3 Å². The Hall–Kier alpha value is -2.53. The van der Waals surface area contributed by atoms with Gasteiger partial charge < -0.3 is 18.9 Å². The molecule has 0 heterocycles. The average molecular weight is 330 g/mol. The van der Waals surface area contributed by atoms with Gasteiger partial charge in [-0.25, -0.2) is 0 Å². The van der Waals surface area contributed by atoms with Crippen LogP contribution in [-0.4, -0.2) is 32.1 Å². The molecule has 5 nitrogen and oxygen atoms in total. The molecule has 2 aromatic carbocycles. The molecule has 0 amide bonds. The number of ether oxygens (including phenoxy) is 4. The van der Waals surface area contributed by atoms with E-state index in [9.17, 15) is 4.79 Å². The average Bonchev–Trinajstić information content (AvgIpc) is 2.65. The minimum absolute atomic E-state index is 0.117. The lowest BCUT2D eigenvalue weighted by Crippen LogP contribution is -2.30. The van der Waals surface area contributed by atoms with Gasteiger partial charge in [0.05, 0.1) is 0 Å². The number of carbonyl (C=O) groups is 1. The number of esters is 1. The molecule has 0 aliphatic rings. The Morgan fingerprint density at radius 2 is 1.38 bits per heavy atom. The van der Waals surface area contributed by atoms with Crippen LogP contribution in [0.15, 0.2) is 60.7 Å². The van der Waals surface area contributed by atoms with Crippen LogP contribution < -0.4 is 9.47 Å². The molecule has 0 atom stereocenters. The summed E-state index contributed by atoms with van der Waals surface area (Å²) in [5, 5.41) is 0. The highest BCUT2D eigenvalue weighted by Crippen LogP contribution is 2.12. The maximum atomic E-state index is 11.2. The Bertz CT molecular complexity index is 542. The summed E-state index contributed by atoms with van der Waals surface area (Å²) >= 11 is 0. The van der Waals surface area contributed by atoms with Gasteiger partial charge in [-0.2, -0.15) is 0 Å². The number of para-hydroxylation sites is 2. The predicted molar refractivity (Wildman–Crippen MR) is 90.0 cm³/mol. The summed E-state index contributed by atoms with van der Waals surface area (Å²) < 4.78 is 21.9. The van der Waals surface area contributed by atoms with Crippen LogP contribution in [0, 0.1) is 0 Å². The van der Waals surface area contributed by atoms with Crippen molar-refractivity contribution in [2.45, 2.75) is 19.4 Å². The van der Waals surface area contributed by atoms with Crippen molar-refractivity contribution in [1.29, 1.82) is 0 Å². The van der Waals surface area contributed by atoms with Gasteiger partial charge >= 0.3 is 5.97 Å². The smallest absolute Gasteiger partial charge is 0.307 e. The van der Waals surface area contributed by atoms with E-state index in [4.69, 9.17) is 18.9 Å². The van der Waals surface area contributed by atoms with Crippen LogP contribution in [0.25, 0.3) is 0 Å². The molecule has 0 N–H and O–H groups in total. The summed E-state index contributed by atoms with van der Waals surface area (Å²) in [4.78, 5) is 11.2. The quantitative estimate of drug-likeness (QED) is 0.493. The number of carbonyl (C=O) groups excluding carboxylic acids is 1. The van der Waals surface area contributed by atoms with E-state index in [0.717, 1.165) is 11.5 Å². The largest absolute Gasteiger partial charge is 0.491 e. The Labute approximate surface area is 142 Å². The van der Waals surface area contributed by atoms with E-state index in [1.165, 1.54) is 0 Å². The Balaban J connectivity index is 1.83. The van der Waals surface area contributed by atoms with Crippen LogP contribution in [0.3, 0.4) is 0 Å². The molecule has 24 heavy (non-hydrogen) atoms. The summed E-state index contributed by atoms with van der Waals surface area (Å²) in [6.07, 6.45) is -0.0511. The van der Waals surface area contributed by atoms with Gasteiger partial charge in [0.1, 0.15) is 30.8 Å². The Morgan fingerprint density at radius 3 is 1.83 bits per heavy atom. The lowest BCUT2D eigenvalue weighted by molar-refractivity contribution is -0.163. The first-order valence-corrected chi connectivity index (χ1v) is 7.91. The molecule has 0 aromatic heterocycles. The van der Waals surface area contributed by atoms with Gasteiger partial charge in [-0.3, -0.25) is 4.79 Å². The van der Waals surface area contributed by atoms with Crippen molar-refractivity contribution >= 4 is 5.97 Å². The summed E-state index contributed by atoms with van der Waals surface area (Å²) in [6, 6.07) is 18.9. The van der Waals surface area contributed by atoms with Gasteiger partial charge in [0, 0.05) is 6.42 Å². The Kier molecular flexibility index (Phi) is 7.63. The first kappa shape index (κ1) is 17.8. The molecule has 2 aromatic rings. The second-order valence-corrected chi connectivity index (χ2v) is 5.02. The highest BCUT2D eigenvalue weighted by Gasteiger charge is 2.13. The van der Waals surface area contributed by atoms with Gasteiger partial charge in [0.15, 0.2) is 6.79 Å². The van der Waals surface area contributed by atoms with Gasteiger partial charge in [0.2, 0.25) is 0 Å². The van der Waals surface area contributed by atoms with Crippen LogP contribution in [0.4, 0.5) is 0 Å². The molecule has 0 saturated heterocycles. The van der Waals surface area contributed by atoms with E-state index >= 15 is 0 Å². The molecular weight excluding hydrogens is 308 g/mol. The van der Waals surface area contributed by atoms with Crippen LogP contribution >= 0.6 is 0 Å². The fourth-order valence-electron chi connectivity index (χ4n) is 1.85. The minimum Gasteiger partial charge on any atom is -0.491 e. The molecule has 0 bridgehead atoms. The van der Waals surface area contributed by atoms with Gasteiger partial charge in [-0.15, -0.1) is 0 Å². The molecular formula is C19H22O5. The van der Waals surface area contributed by atoms with E-state index in [2.05, 4.69) is 0 Å². The van der Waals surface area contributed by atoms with Gasteiger partial charge in [-0.05, 0) is 24.3 Å². The molecule has 2 rings (SSSR count). The van der Waals surface area contributed by atoms with E-state index in [1.807, 2.05) is 60.7 Å². The number of hydrogen-bond donors (Lipinski definition) is 0. The van der Waals surface area contributed by atoms with Crippen LogP contribution in [0.5, 0.6) is 11.5 Å². The van der Waals surface area contributed by atoms with Crippen LogP contribution in [0.1, 0.15) is 13.3 Å². The first-order valence-electron chi connectivity index (χ1n) is 7.91. The normalized spacial score (nSPS) is 10.4. The standard InChI is InChI=1S/C19H22O5/c1-2-19(20)24-15-23-18(13-21-16-9-5-3-6-10-16)14-22-17-11-7-4-8-12-17/h3-12,18H,2,13-15H2,1H3. The van der Waals surface area contributed by atoms with Crippen molar-refractivity contribution in [2.75, 3.05) is 20.0 Å². The molecule has 128 valence electrons. The molecule has 0 fully saturated rings. The fraction of sp³-hybridized carbons (Fsp3) is 0.316. The summed E-state index contributed by atoms with van der Waals surface area (Å²) in [7, 11) is 0. The van der Waals surface area contributed by atoms with Crippen molar-refractivity contribution in [1.82, 2.24) is 0 Å². The monoisotopic (exact) mass is 330 g/mol. The number of rotatable bonds is 10. The molecule has 0 spiro atoms. The summed E-state index contributed by atoms with van der Waals surface area (Å²) in [5.41, 5.74) is 0. The first-order chi connectivity index (χ1) is 11.8. The topological polar surface area (TPSA) is 54.0 Å². The summed E-state index contributed by atoms with van der Waals surface area (Å²) in [5.74, 6) is 1.19. The zero-order valence-electron chi connectivity index (χ0n) is 13.7. The third kappa shape index (κ3) is 6.71. The second-order valence-electron chi connectivity index (χ2n) is 5.02. The lowest BCUT2D eigenvalue weighted by atomic mass is 10.3. The molecule has 0 aliphatic carbocycles. The zero-order chi connectivity index (χ0) is 17.0. The third-order valence-corrected chi connectivity index (χ3v) is 3.17. The second kappa shape index (κ2) is 10.3. The van der Waals surface area contributed by atoms with Crippen molar-refractivity contribution in [3.8, 4) is 11.5 Å². The molecule has 0 radical (unpaired) electrons. The Morgan fingerprint density at radius 1 is 0.875 bits per heavy atom. The fourth-order valence-corrected chi connectivity index (χ4v) is 1.85. The van der Waals surface area contributed by atoms with Crippen molar-refractivity contribution < 1.29 is 23.7 Å². The summed E-state index contributed by atoms with van der Waals surface area (Å²) in [6.45, 7) is 2.20. The molecule has 0 saturated carbocycles. The van der Waals surface area contributed by atoms with E-state index in [-0.39, 0.29) is 18.9 Å². The number of benzene rings is 2. The highest BCUT2D eigenvalue weighted by atomic mass is 16.7.